The first-order valence-corrected chi connectivity index (χ1v) is 10.2. The smallest absolute Gasteiger partial charge is 0.378 e. The standard InChI is InChI=1S/C23H24F3N5O2/c1-15(30-22(32)17-4-5-29-21(12-17)23(24,25)26)10-20(16(2)27-3)18-11-19(14-28-13-18)31-6-8-33-9-7-31/h4-5,10-14H,3,6-9H2,1-2H3,(H,30,32)/b15-10+,20-16+. The minimum Gasteiger partial charge on any atom is -0.378 e. The molecular weight excluding hydrogens is 435 g/mol. The van der Waals surface area contributed by atoms with E-state index in [9.17, 15) is 18.0 Å². The van der Waals surface area contributed by atoms with Crippen molar-refractivity contribution in [3.8, 4) is 0 Å². The Balaban J connectivity index is 1.85. The lowest BCUT2D eigenvalue weighted by atomic mass is 10.0. The van der Waals surface area contributed by atoms with Crippen LogP contribution in [-0.4, -0.2) is 48.9 Å². The number of halogens is 3. The van der Waals surface area contributed by atoms with Gasteiger partial charge in [-0.05, 0) is 44.8 Å². The number of nitrogens with one attached hydrogen (secondary N) is 1. The van der Waals surface area contributed by atoms with Gasteiger partial charge in [-0.3, -0.25) is 19.8 Å². The highest BCUT2D eigenvalue weighted by molar-refractivity contribution is 5.95. The van der Waals surface area contributed by atoms with Gasteiger partial charge in [0.05, 0.1) is 25.1 Å². The summed E-state index contributed by atoms with van der Waals surface area (Å²) in [5, 5.41) is 2.62. The van der Waals surface area contributed by atoms with Crippen LogP contribution in [0.1, 0.15) is 35.5 Å². The highest BCUT2D eigenvalue weighted by atomic mass is 19.4. The van der Waals surface area contributed by atoms with Crippen LogP contribution in [0.3, 0.4) is 0 Å². The van der Waals surface area contributed by atoms with Gasteiger partial charge < -0.3 is 15.0 Å². The van der Waals surface area contributed by atoms with Crippen LogP contribution in [0.5, 0.6) is 0 Å². The van der Waals surface area contributed by atoms with E-state index in [2.05, 4.69) is 31.9 Å². The molecule has 3 heterocycles. The van der Waals surface area contributed by atoms with Crippen molar-refractivity contribution in [3.05, 3.63) is 71.1 Å². The number of amides is 1. The normalized spacial score (nSPS) is 15.7. The fourth-order valence-electron chi connectivity index (χ4n) is 3.28. The van der Waals surface area contributed by atoms with Crippen LogP contribution in [0.2, 0.25) is 0 Å². The molecule has 1 saturated heterocycles. The number of allylic oxidation sites excluding steroid dienone is 4. The Bertz CT molecular complexity index is 1090. The summed E-state index contributed by atoms with van der Waals surface area (Å²) in [7, 11) is 0. The first-order valence-electron chi connectivity index (χ1n) is 10.2. The summed E-state index contributed by atoms with van der Waals surface area (Å²) in [4.78, 5) is 26.3. The number of ether oxygens (including phenoxy) is 1. The Morgan fingerprint density at radius 2 is 1.94 bits per heavy atom. The first kappa shape index (κ1) is 24.1. The van der Waals surface area contributed by atoms with E-state index < -0.39 is 17.8 Å². The van der Waals surface area contributed by atoms with Gasteiger partial charge in [-0.25, -0.2) is 0 Å². The third kappa shape index (κ3) is 6.26. The van der Waals surface area contributed by atoms with Gasteiger partial charge in [0.15, 0.2) is 0 Å². The average Bonchev–Trinajstić information content (AvgIpc) is 2.82. The molecule has 33 heavy (non-hydrogen) atoms. The van der Waals surface area contributed by atoms with Gasteiger partial charge in [0.2, 0.25) is 0 Å². The van der Waals surface area contributed by atoms with Crippen molar-refractivity contribution in [2.75, 3.05) is 31.2 Å². The van der Waals surface area contributed by atoms with Crippen LogP contribution in [0.25, 0.3) is 5.57 Å². The van der Waals surface area contributed by atoms with Crippen LogP contribution < -0.4 is 10.2 Å². The van der Waals surface area contributed by atoms with Gasteiger partial charge in [-0.1, -0.05) is 0 Å². The molecule has 0 bridgehead atoms. The third-order valence-corrected chi connectivity index (χ3v) is 5.02. The minimum absolute atomic E-state index is 0.148. The monoisotopic (exact) mass is 459 g/mol. The van der Waals surface area contributed by atoms with Gasteiger partial charge in [-0.15, -0.1) is 0 Å². The zero-order chi connectivity index (χ0) is 24.0. The number of aromatic nitrogens is 2. The van der Waals surface area contributed by atoms with Crippen LogP contribution in [0, 0.1) is 0 Å². The van der Waals surface area contributed by atoms with E-state index in [1.54, 1.807) is 32.3 Å². The summed E-state index contributed by atoms with van der Waals surface area (Å²) < 4.78 is 44.1. The maximum atomic E-state index is 12.9. The number of hydrogen-bond acceptors (Lipinski definition) is 6. The predicted octanol–water partition coefficient (Wildman–Crippen LogP) is 4.10. The fourth-order valence-corrected chi connectivity index (χ4v) is 3.28. The minimum atomic E-state index is -4.64. The Morgan fingerprint density at radius 3 is 2.61 bits per heavy atom. The quantitative estimate of drug-likeness (QED) is 0.520. The maximum absolute atomic E-state index is 12.9. The number of hydrogen-bond donors (Lipinski definition) is 1. The first-order chi connectivity index (χ1) is 15.7. The highest BCUT2D eigenvalue weighted by Gasteiger charge is 2.33. The molecular formula is C23H24F3N5O2. The van der Waals surface area contributed by atoms with Crippen molar-refractivity contribution < 1.29 is 22.7 Å². The van der Waals surface area contributed by atoms with E-state index in [0.717, 1.165) is 30.5 Å². The summed E-state index contributed by atoms with van der Waals surface area (Å²) in [6.07, 6.45) is 1.45. The van der Waals surface area contributed by atoms with E-state index in [4.69, 9.17) is 4.74 Å². The summed E-state index contributed by atoms with van der Waals surface area (Å²) in [6, 6.07) is 3.90. The molecule has 1 aliphatic rings. The molecule has 3 rings (SSSR count). The Hall–Kier alpha value is -3.53. The lowest BCUT2D eigenvalue weighted by Crippen LogP contribution is -2.36. The van der Waals surface area contributed by atoms with Gasteiger partial charge in [0.25, 0.3) is 5.91 Å². The molecule has 0 aromatic carbocycles. The molecule has 10 heteroatoms. The van der Waals surface area contributed by atoms with E-state index in [1.165, 1.54) is 6.07 Å². The lowest BCUT2D eigenvalue weighted by molar-refractivity contribution is -0.141. The van der Waals surface area contributed by atoms with Crippen molar-refractivity contribution in [1.29, 1.82) is 0 Å². The second-order valence-corrected chi connectivity index (χ2v) is 7.40. The molecule has 0 aliphatic carbocycles. The SMILES string of the molecule is C=N/C(C)=C(\C=C(/C)NC(=O)c1ccnc(C(F)(F)F)c1)c1cncc(N2CCOCC2)c1. The van der Waals surface area contributed by atoms with Crippen molar-refractivity contribution in [3.63, 3.8) is 0 Å². The Kier molecular flexibility index (Phi) is 7.59. The highest BCUT2D eigenvalue weighted by Crippen LogP contribution is 2.28. The molecule has 0 spiro atoms. The van der Waals surface area contributed by atoms with E-state index in [-0.39, 0.29) is 5.56 Å². The number of anilines is 1. The second-order valence-electron chi connectivity index (χ2n) is 7.40. The van der Waals surface area contributed by atoms with Crippen molar-refractivity contribution >= 4 is 23.9 Å². The van der Waals surface area contributed by atoms with Crippen molar-refractivity contribution in [2.24, 2.45) is 4.99 Å². The largest absolute Gasteiger partial charge is 0.433 e. The zero-order valence-electron chi connectivity index (χ0n) is 18.3. The topological polar surface area (TPSA) is 79.7 Å². The predicted molar refractivity (Wildman–Crippen MR) is 120 cm³/mol. The Morgan fingerprint density at radius 1 is 1.21 bits per heavy atom. The van der Waals surface area contributed by atoms with E-state index >= 15 is 0 Å². The second kappa shape index (κ2) is 10.4. The molecule has 0 radical (unpaired) electrons. The lowest BCUT2D eigenvalue weighted by Gasteiger charge is -2.28. The van der Waals surface area contributed by atoms with Crippen molar-refractivity contribution in [2.45, 2.75) is 20.0 Å². The molecule has 0 atom stereocenters. The molecule has 0 saturated carbocycles. The molecule has 2 aromatic heterocycles. The maximum Gasteiger partial charge on any atom is 0.433 e. The summed E-state index contributed by atoms with van der Waals surface area (Å²) >= 11 is 0. The number of aliphatic imine (C=N–C) groups is 1. The van der Waals surface area contributed by atoms with E-state index in [0.29, 0.717) is 36.2 Å². The molecule has 1 fully saturated rings. The molecule has 2 aromatic rings. The number of rotatable bonds is 6. The summed E-state index contributed by atoms with van der Waals surface area (Å²) in [5.74, 6) is -0.680. The Labute approximate surface area is 189 Å². The molecule has 1 aliphatic heterocycles. The van der Waals surface area contributed by atoms with Gasteiger partial charge >= 0.3 is 6.18 Å². The third-order valence-electron chi connectivity index (χ3n) is 5.02. The van der Waals surface area contributed by atoms with Crippen LogP contribution >= 0.6 is 0 Å². The van der Waals surface area contributed by atoms with Gasteiger partial charge in [-0.2, -0.15) is 13.2 Å². The molecule has 7 nitrogen and oxygen atoms in total. The van der Waals surface area contributed by atoms with Gasteiger partial charge in [0.1, 0.15) is 5.69 Å². The van der Waals surface area contributed by atoms with Gasteiger partial charge in [0, 0.05) is 53.6 Å². The zero-order valence-corrected chi connectivity index (χ0v) is 18.3. The van der Waals surface area contributed by atoms with E-state index in [1.807, 2.05) is 6.07 Å². The van der Waals surface area contributed by atoms with Crippen molar-refractivity contribution in [1.82, 2.24) is 15.3 Å². The number of carbonyl (C=O) groups is 1. The average molecular weight is 459 g/mol. The summed E-state index contributed by atoms with van der Waals surface area (Å²) in [6.45, 7) is 9.76. The molecule has 1 amide bonds. The number of pyridine rings is 2. The van der Waals surface area contributed by atoms with Crippen LogP contribution in [0.15, 0.2) is 59.3 Å². The molecule has 0 unspecified atom stereocenters. The number of alkyl halides is 3. The number of carbonyl (C=O) groups excluding carboxylic acids is 1. The number of nitrogens with zero attached hydrogens (tertiary/aromatic N) is 4. The summed E-state index contributed by atoms with van der Waals surface area (Å²) in [5.41, 5.74) is 2.11. The van der Waals surface area contributed by atoms with Crippen LogP contribution in [-0.2, 0) is 10.9 Å². The molecule has 1 N–H and O–H groups in total. The van der Waals surface area contributed by atoms with Crippen LogP contribution in [0.4, 0.5) is 18.9 Å². The fraction of sp³-hybridized carbons (Fsp3) is 0.304. The number of morpholine rings is 1. The molecule has 174 valence electrons.